The number of rotatable bonds is 2. The van der Waals surface area contributed by atoms with Crippen LogP contribution in [0.5, 0.6) is 0 Å². The fraction of sp³-hybridized carbons (Fsp3) is 0.889. The Morgan fingerprint density at radius 2 is 2.38 bits per heavy atom. The maximum atomic E-state index is 10.8. The summed E-state index contributed by atoms with van der Waals surface area (Å²) in [4.78, 5) is 13.3. The van der Waals surface area contributed by atoms with Crippen LogP contribution in [0.25, 0.3) is 0 Å². The van der Waals surface area contributed by atoms with Crippen LogP contribution < -0.4 is 11.1 Å². The topological polar surface area (TPSA) is 58.4 Å². The number of carbonyl (C=O) groups is 1. The Hall–Kier alpha value is -0.610. The van der Waals surface area contributed by atoms with Crippen molar-refractivity contribution in [3.63, 3.8) is 0 Å². The van der Waals surface area contributed by atoms with E-state index < -0.39 is 0 Å². The smallest absolute Gasteiger partial charge is 0.217 e. The number of fused-ring (bicyclic) bond motifs is 1. The van der Waals surface area contributed by atoms with Crippen molar-refractivity contribution >= 4 is 5.91 Å². The quantitative estimate of drug-likeness (QED) is 0.586. The van der Waals surface area contributed by atoms with Gasteiger partial charge in [0.15, 0.2) is 0 Å². The van der Waals surface area contributed by atoms with Crippen LogP contribution in [0, 0.1) is 5.92 Å². The second-order valence-corrected chi connectivity index (χ2v) is 4.03. The van der Waals surface area contributed by atoms with E-state index in [4.69, 9.17) is 5.73 Å². The van der Waals surface area contributed by atoms with Crippen LogP contribution in [0.1, 0.15) is 12.8 Å². The third-order valence-electron chi connectivity index (χ3n) is 3.19. The highest BCUT2D eigenvalue weighted by atomic mass is 16.1. The zero-order valence-electron chi connectivity index (χ0n) is 7.83. The second-order valence-electron chi connectivity index (χ2n) is 4.03. The van der Waals surface area contributed by atoms with Crippen molar-refractivity contribution in [2.45, 2.75) is 18.9 Å². The number of nitrogens with zero attached hydrogens (tertiary/aromatic N) is 1. The van der Waals surface area contributed by atoms with Crippen LogP contribution in [-0.2, 0) is 4.79 Å². The first-order chi connectivity index (χ1) is 6.27. The van der Waals surface area contributed by atoms with Gasteiger partial charge >= 0.3 is 0 Å². The van der Waals surface area contributed by atoms with Crippen LogP contribution >= 0.6 is 0 Å². The van der Waals surface area contributed by atoms with Crippen molar-refractivity contribution in [2.75, 3.05) is 26.2 Å². The van der Waals surface area contributed by atoms with E-state index in [0.717, 1.165) is 32.6 Å². The lowest BCUT2D eigenvalue weighted by atomic mass is 9.95. The van der Waals surface area contributed by atoms with E-state index in [0.29, 0.717) is 18.4 Å². The first-order valence-corrected chi connectivity index (χ1v) is 5.00. The van der Waals surface area contributed by atoms with E-state index in [1.807, 2.05) is 0 Å². The minimum Gasteiger partial charge on any atom is -0.370 e. The Morgan fingerprint density at radius 3 is 3.15 bits per heavy atom. The molecule has 0 bridgehead atoms. The number of carbonyl (C=O) groups excluding carboxylic acids is 1. The Morgan fingerprint density at radius 1 is 1.54 bits per heavy atom. The van der Waals surface area contributed by atoms with Gasteiger partial charge in [-0.15, -0.1) is 0 Å². The molecule has 2 saturated heterocycles. The molecule has 2 aliphatic rings. The summed E-state index contributed by atoms with van der Waals surface area (Å²) < 4.78 is 0. The summed E-state index contributed by atoms with van der Waals surface area (Å²) in [6.45, 7) is 4.38. The molecule has 4 nitrogen and oxygen atoms in total. The van der Waals surface area contributed by atoms with Gasteiger partial charge in [-0.3, -0.25) is 9.69 Å². The molecule has 13 heavy (non-hydrogen) atoms. The molecule has 2 unspecified atom stereocenters. The summed E-state index contributed by atoms with van der Waals surface area (Å²) in [7, 11) is 0. The Bertz CT molecular complexity index is 207. The van der Waals surface area contributed by atoms with Crippen LogP contribution in [0.2, 0.25) is 0 Å². The first kappa shape index (κ1) is 8.97. The number of nitrogens with two attached hydrogens (primary N) is 1. The van der Waals surface area contributed by atoms with Crippen molar-refractivity contribution in [3.05, 3.63) is 0 Å². The Labute approximate surface area is 78.5 Å². The third kappa shape index (κ3) is 1.84. The van der Waals surface area contributed by atoms with Crippen molar-refractivity contribution in [1.29, 1.82) is 0 Å². The molecule has 4 heteroatoms. The summed E-state index contributed by atoms with van der Waals surface area (Å²) in [6.07, 6.45) is 1.69. The highest BCUT2D eigenvalue weighted by Gasteiger charge is 2.35. The number of primary amides is 1. The van der Waals surface area contributed by atoms with Gasteiger partial charge in [0, 0.05) is 32.1 Å². The summed E-state index contributed by atoms with van der Waals surface area (Å²) in [5, 5.41) is 3.37. The summed E-state index contributed by atoms with van der Waals surface area (Å²) in [6, 6.07) is 0.557. The van der Waals surface area contributed by atoms with Gasteiger partial charge in [0.05, 0.1) is 0 Å². The largest absolute Gasteiger partial charge is 0.370 e. The molecule has 3 N–H and O–H groups in total. The summed E-state index contributed by atoms with van der Waals surface area (Å²) >= 11 is 0. The number of nitrogens with one attached hydrogen (secondary N) is 1. The van der Waals surface area contributed by atoms with Gasteiger partial charge in [-0.2, -0.15) is 0 Å². The maximum absolute atomic E-state index is 10.8. The minimum absolute atomic E-state index is 0.155. The van der Waals surface area contributed by atoms with Crippen LogP contribution in [0.3, 0.4) is 0 Å². The van der Waals surface area contributed by atoms with Gasteiger partial charge in [-0.25, -0.2) is 0 Å². The van der Waals surface area contributed by atoms with E-state index in [2.05, 4.69) is 10.2 Å². The zero-order valence-corrected chi connectivity index (χ0v) is 7.83. The molecule has 2 rings (SSSR count). The van der Waals surface area contributed by atoms with Crippen molar-refractivity contribution in [1.82, 2.24) is 10.2 Å². The van der Waals surface area contributed by atoms with Gasteiger partial charge in [0.1, 0.15) is 0 Å². The molecule has 0 aromatic rings. The molecule has 0 spiro atoms. The van der Waals surface area contributed by atoms with Crippen molar-refractivity contribution < 1.29 is 4.79 Å². The normalized spacial score (nSPS) is 34.5. The molecular weight excluding hydrogens is 166 g/mol. The van der Waals surface area contributed by atoms with Gasteiger partial charge in [-0.1, -0.05) is 0 Å². The van der Waals surface area contributed by atoms with E-state index >= 15 is 0 Å². The van der Waals surface area contributed by atoms with Gasteiger partial charge in [0.25, 0.3) is 0 Å². The fourth-order valence-corrected chi connectivity index (χ4v) is 2.53. The molecule has 0 saturated carbocycles. The molecule has 0 aliphatic carbocycles. The van der Waals surface area contributed by atoms with Gasteiger partial charge < -0.3 is 11.1 Å². The lowest BCUT2D eigenvalue weighted by molar-refractivity contribution is -0.119. The van der Waals surface area contributed by atoms with Crippen molar-refractivity contribution in [3.8, 4) is 0 Å². The lowest BCUT2D eigenvalue weighted by Gasteiger charge is -2.32. The van der Waals surface area contributed by atoms with Crippen molar-refractivity contribution in [2.24, 2.45) is 11.7 Å². The highest BCUT2D eigenvalue weighted by Crippen LogP contribution is 2.27. The second kappa shape index (κ2) is 3.64. The number of hydrogen-bond donors (Lipinski definition) is 2. The summed E-state index contributed by atoms with van der Waals surface area (Å²) in [5.41, 5.74) is 5.22. The van der Waals surface area contributed by atoms with Gasteiger partial charge in [-0.05, 0) is 18.9 Å². The number of hydrogen-bond acceptors (Lipinski definition) is 3. The molecule has 0 aromatic carbocycles. The zero-order chi connectivity index (χ0) is 9.26. The predicted molar refractivity (Wildman–Crippen MR) is 50.1 cm³/mol. The predicted octanol–water partition coefficient (Wildman–Crippen LogP) is -0.844. The molecule has 2 aliphatic heterocycles. The Kier molecular flexibility index (Phi) is 2.51. The minimum atomic E-state index is -0.155. The van der Waals surface area contributed by atoms with E-state index in [9.17, 15) is 4.79 Å². The molecule has 1 amide bonds. The molecule has 74 valence electrons. The van der Waals surface area contributed by atoms with Crippen LogP contribution in [-0.4, -0.2) is 43.0 Å². The van der Waals surface area contributed by atoms with Gasteiger partial charge in [0.2, 0.25) is 5.91 Å². The van der Waals surface area contributed by atoms with E-state index in [1.165, 1.54) is 0 Å². The average molecular weight is 183 g/mol. The molecule has 0 radical (unpaired) electrons. The Balaban J connectivity index is 1.94. The highest BCUT2D eigenvalue weighted by molar-refractivity contribution is 5.74. The first-order valence-electron chi connectivity index (χ1n) is 5.00. The van der Waals surface area contributed by atoms with Crippen LogP contribution in [0.4, 0.5) is 0 Å². The maximum Gasteiger partial charge on any atom is 0.217 e. The van der Waals surface area contributed by atoms with E-state index in [1.54, 1.807) is 0 Å². The number of amides is 1. The van der Waals surface area contributed by atoms with E-state index in [-0.39, 0.29) is 5.91 Å². The number of piperazine rings is 1. The standard InChI is InChI=1S/C9H17N3O/c10-9(13)5-7-1-3-12-4-2-11-6-8(7)12/h7-8,11H,1-6H2,(H2,10,13). The molecule has 2 heterocycles. The molecular formula is C9H17N3O. The van der Waals surface area contributed by atoms with Crippen LogP contribution in [0.15, 0.2) is 0 Å². The SMILES string of the molecule is NC(=O)CC1CCN2CCNCC12. The fourth-order valence-electron chi connectivity index (χ4n) is 2.53. The summed E-state index contributed by atoms with van der Waals surface area (Å²) in [5.74, 6) is 0.336. The molecule has 0 aromatic heterocycles. The molecule has 2 fully saturated rings. The average Bonchev–Trinajstić information content (AvgIpc) is 2.48. The monoisotopic (exact) mass is 183 g/mol. The third-order valence-corrected chi connectivity index (χ3v) is 3.19. The molecule has 2 atom stereocenters. The lowest BCUT2D eigenvalue weighted by Crippen LogP contribution is -2.50.